The molecule has 2 amide bonds. The number of carbonyl (C=O) groups excluding carboxylic acids is 1. The molecule has 2 rings (SSSR count). The van der Waals surface area contributed by atoms with E-state index in [1.54, 1.807) is 11.4 Å². The third-order valence-corrected chi connectivity index (χ3v) is 4.72. The summed E-state index contributed by atoms with van der Waals surface area (Å²) in [5.41, 5.74) is 2.12. The van der Waals surface area contributed by atoms with Crippen LogP contribution in [0.15, 0.2) is 23.6 Å². The zero-order chi connectivity index (χ0) is 20.0. The molecule has 3 N–H and O–H groups in total. The number of nitrogens with one attached hydrogen (secondary N) is 3. The molecule has 2 aromatic rings. The highest BCUT2D eigenvalue weighted by molar-refractivity contribution is 7.88. The van der Waals surface area contributed by atoms with Crippen LogP contribution < -0.4 is 20.1 Å². The Kier molecular flexibility index (Phi) is 7.17. The lowest BCUT2D eigenvalue weighted by atomic mass is 10.2. The number of thiazole rings is 1. The summed E-state index contributed by atoms with van der Waals surface area (Å²) in [6.45, 7) is 6.67. The minimum atomic E-state index is -3.30. The van der Waals surface area contributed by atoms with Crippen LogP contribution in [-0.4, -0.2) is 32.3 Å². The van der Waals surface area contributed by atoms with Gasteiger partial charge in [0, 0.05) is 5.38 Å². The molecule has 8 nitrogen and oxygen atoms in total. The molecule has 0 unspecified atom stereocenters. The number of ether oxygens (including phenoxy) is 1. The van der Waals surface area contributed by atoms with Crippen molar-refractivity contribution in [3.63, 3.8) is 0 Å². The third-order valence-electron chi connectivity index (χ3n) is 3.25. The molecule has 0 bridgehead atoms. The highest BCUT2D eigenvalue weighted by Crippen LogP contribution is 2.26. The van der Waals surface area contributed by atoms with Crippen molar-refractivity contribution in [1.29, 1.82) is 0 Å². The number of amides is 2. The van der Waals surface area contributed by atoms with Gasteiger partial charge < -0.3 is 10.1 Å². The first-order valence-corrected chi connectivity index (χ1v) is 11.1. The standard InChI is InChI=1S/C17H24N4O4S2/c1-11(2)9-25-15-7-12(3)5-6-14(15)20-16(22)21-17-19-13(10-26-17)8-18-27(4,23)24/h5-7,10-11,18H,8-9H2,1-4H3,(H2,19,20,21,22). The van der Waals surface area contributed by atoms with Crippen molar-refractivity contribution in [3.8, 4) is 5.75 Å². The smallest absolute Gasteiger partial charge is 0.325 e. The molecule has 0 atom stereocenters. The monoisotopic (exact) mass is 412 g/mol. The van der Waals surface area contributed by atoms with E-state index in [0.29, 0.717) is 34.8 Å². The van der Waals surface area contributed by atoms with Gasteiger partial charge in [-0.25, -0.2) is 22.9 Å². The highest BCUT2D eigenvalue weighted by atomic mass is 32.2. The molecule has 0 spiro atoms. The van der Waals surface area contributed by atoms with Gasteiger partial charge in [-0.2, -0.15) is 0 Å². The molecule has 1 aromatic carbocycles. The summed E-state index contributed by atoms with van der Waals surface area (Å²) >= 11 is 1.21. The summed E-state index contributed by atoms with van der Waals surface area (Å²) in [5.74, 6) is 0.970. The van der Waals surface area contributed by atoms with Gasteiger partial charge in [-0.1, -0.05) is 19.9 Å². The Morgan fingerprint density at radius 2 is 2.04 bits per heavy atom. The first kappa shape index (κ1) is 21.1. The van der Waals surface area contributed by atoms with Crippen LogP contribution in [0.2, 0.25) is 0 Å². The van der Waals surface area contributed by atoms with E-state index in [0.717, 1.165) is 11.8 Å². The van der Waals surface area contributed by atoms with Gasteiger partial charge in [-0.15, -0.1) is 11.3 Å². The number of carbonyl (C=O) groups is 1. The van der Waals surface area contributed by atoms with E-state index in [2.05, 4.69) is 20.3 Å². The minimum Gasteiger partial charge on any atom is -0.491 e. The number of hydrogen-bond acceptors (Lipinski definition) is 6. The zero-order valence-electron chi connectivity index (χ0n) is 15.7. The average Bonchev–Trinajstić information content (AvgIpc) is 3.00. The number of rotatable bonds is 8. The van der Waals surface area contributed by atoms with E-state index in [1.807, 2.05) is 32.9 Å². The van der Waals surface area contributed by atoms with Gasteiger partial charge in [0.1, 0.15) is 5.75 Å². The molecule has 10 heteroatoms. The number of urea groups is 1. The Morgan fingerprint density at radius 3 is 2.70 bits per heavy atom. The van der Waals surface area contributed by atoms with Crippen LogP contribution in [0.25, 0.3) is 0 Å². The Hall–Kier alpha value is -2.17. The highest BCUT2D eigenvalue weighted by Gasteiger charge is 2.12. The number of aryl methyl sites for hydroxylation is 1. The lowest BCUT2D eigenvalue weighted by Gasteiger charge is -2.14. The fourth-order valence-electron chi connectivity index (χ4n) is 2.01. The Balaban J connectivity index is 1.98. The number of nitrogens with zero attached hydrogens (tertiary/aromatic N) is 1. The number of hydrogen-bond donors (Lipinski definition) is 3. The van der Waals surface area contributed by atoms with Crippen LogP contribution in [0.4, 0.5) is 15.6 Å². The number of sulfonamides is 1. The normalized spacial score (nSPS) is 11.4. The SMILES string of the molecule is Cc1ccc(NC(=O)Nc2nc(CNS(C)(=O)=O)cs2)c(OCC(C)C)c1. The fourth-order valence-corrected chi connectivity index (χ4v) is 3.13. The lowest BCUT2D eigenvalue weighted by Crippen LogP contribution is -2.22. The van der Waals surface area contributed by atoms with E-state index in [-0.39, 0.29) is 6.54 Å². The maximum atomic E-state index is 12.3. The van der Waals surface area contributed by atoms with Crippen LogP contribution in [-0.2, 0) is 16.6 Å². The summed E-state index contributed by atoms with van der Waals surface area (Å²) in [6.07, 6.45) is 1.08. The quantitative estimate of drug-likeness (QED) is 0.617. The predicted octanol–water partition coefficient (Wildman–Crippen LogP) is 3.18. The summed E-state index contributed by atoms with van der Waals surface area (Å²) in [4.78, 5) is 16.4. The third kappa shape index (κ3) is 7.53. The molecule has 1 heterocycles. The van der Waals surface area contributed by atoms with Crippen molar-refractivity contribution in [1.82, 2.24) is 9.71 Å². The van der Waals surface area contributed by atoms with Crippen molar-refractivity contribution in [2.75, 3.05) is 23.5 Å². The van der Waals surface area contributed by atoms with Crippen molar-refractivity contribution in [2.45, 2.75) is 27.3 Å². The lowest BCUT2D eigenvalue weighted by molar-refractivity contribution is 0.260. The summed E-state index contributed by atoms with van der Waals surface area (Å²) in [5, 5.41) is 7.44. The molecule has 0 aliphatic carbocycles. The molecule has 1 aromatic heterocycles. The van der Waals surface area contributed by atoms with Crippen LogP contribution >= 0.6 is 11.3 Å². The molecule has 0 aliphatic rings. The van der Waals surface area contributed by atoms with Crippen LogP contribution in [0, 0.1) is 12.8 Å². The van der Waals surface area contributed by atoms with Crippen LogP contribution in [0.5, 0.6) is 5.75 Å². The molecule has 0 aliphatic heterocycles. The van der Waals surface area contributed by atoms with Gasteiger partial charge in [0.2, 0.25) is 10.0 Å². The summed E-state index contributed by atoms with van der Waals surface area (Å²) in [7, 11) is -3.30. The van der Waals surface area contributed by atoms with E-state index in [4.69, 9.17) is 4.74 Å². The molecule has 27 heavy (non-hydrogen) atoms. The Morgan fingerprint density at radius 1 is 1.30 bits per heavy atom. The molecule has 0 saturated heterocycles. The first-order chi connectivity index (χ1) is 12.6. The van der Waals surface area contributed by atoms with Crippen molar-refractivity contribution < 1.29 is 17.9 Å². The maximum absolute atomic E-state index is 12.3. The van der Waals surface area contributed by atoms with Crippen molar-refractivity contribution in [2.24, 2.45) is 5.92 Å². The van der Waals surface area contributed by atoms with E-state index < -0.39 is 16.1 Å². The van der Waals surface area contributed by atoms with Crippen LogP contribution in [0.3, 0.4) is 0 Å². The predicted molar refractivity (Wildman–Crippen MR) is 108 cm³/mol. The second-order valence-corrected chi connectivity index (χ2v) is 9.21. The van der Waals surface area contributed by atoms with Crippen molar-refractivity contribution >= 4 is 38.2 Å². The second-order valence-electron chi connectivity index (χ2n) is 6.52. The topological polar surface area (TPSA) is 109 Å². The van der Waals surface area contributed by atoms with Gasteiger partial charge in [0.05, 0.1) is 30.8 Å². The number of aromatic nitrogens is 1. The van der Waals surface area contributed by atoms with Gasteiger partial charge >= 0.3 is 6.03 Å². The van der Waals surface area contributed by atoms with Crippen LogP contribution in [0.1, 0.15) is 25.1 Å². The molecule has 0 saturated carbocycles. The van der Waals surface area contributed by atoms with E-state index in [9.17, 15) is 13.2 Å². The summed E-state index contributed by atoms with van der Waals surface area (Å²) in [6, 6.07) is 5.09. The largest absolute Gasteiger partial charge is 0.491 e. The average molecular weight is 413 g/mol. The van der Waals surface area contributed by atoms with Gasteiger partial charge in [0.25, 0.3) is 0 Å². The minimum absolute atomic E-state index is 0.0732. The molecular formula is C17H24N4O4S2. The summed E-state index contributed by atoms with van der Waals surface area (Å²) < 4.78 is 30.4. The van der Waals surface area contributed by atoms with Crippen molar-refractivity contribution in [3.05, 3.63) is 34.8 Å². The first-order valence-electron chi connectivity index (χ1n) is 8.33. The fraction of sp³-hybridized carbons (Fsp3) is 0.412. The number of benzene rings is 1. The molecule has 0 radical (unpaired) electrons. The second kappa shape index (κ2) is 9.16. The zero-order valence-corrected chi connectivity index (χ0v) is 17.3. The molecule has 0 fully saturated rings. The maximum Gasteiger partial charge on any atom is 0.325 e. The van der Waals surface area contributed by atoms with Gasteiger partial charge in [-0.3, -0.25) is 5.32 Å². The Labute approximate surface area is 163 Å². The number of anilines is 2. The molecular weight excluding hydrogens is 388 g/mol. The van der Waals surface area contributed by atoms with Gasteiger partial charge in [-0.05, 0) is 30.5 Å². The van der Waals surface area contributed by atoms with Gasteiger partial charge in [0.15, 0.2) is 5.13 Å². The Bertz CT molecular complexity index is 894. The van der Waals surface area contributed by atoms with E-state index in [1.165, 1.54) is 11.3 Å². The molecule has 148 valence electrons. The van der Waals surface area contributed by atoms with E-state index >= 15 is 0 Å².